The Morgan fingerprint density at radius 3 is 2.52 bits per heavy atom. The highest BCUT2D eigenvalue weighted by atomic mass is 16.1. The molecule has 0 radical (unpaired) electrons. The number of fused-ring (bicyclic) bond motifs is 1. The number of aromatic nitrogens is 3. The highest BCUT2D eigenvalue weighted by Gasteiger charge is 2.15. The van der Waals surface area contributed by atoms with E-state index in [9.17, 15) is 4.79 Å². The van der Waals surface area contributed by atoms with Crippen LogP contribution in [-0.2, 0) is 0 Å². The number of aromatic amines is 1. The van der Waals surface area contributed by atoms with Crippen LogP contribution in [0, 0.1) is 5.92 Å². The Balaban J connectivity index is 1.78. The lowest BCUT2D eigenvalue weighted by Gasteiger charge is -2.23. The molecule has 3 rings (SSSR count). The summed E-state index contributed by atoms with van der Waals surface area (Å²) in [6, 6.07) is 10.3. The Hall–Kier alpha value is -3.13. The predicted octanol–water partition coefficient (Wildman–Crippen LogP) is 2.79. The molecule has 3 aromatic rings. The lowest BCUT2D eigenvalue weighted by Crippen LogP contribution is -2.28. The maximum absolute atomic E-state index is 12.6. The van der Waals surface area contributed by atoms with Gasteiger partial charge in [0.25, 0.3) is 0 Å². The van der Waals surface area contributed by atoms with E-state index in [0.29, 0.717) is 24.0 Å². The van der Waals surface area contributed by atoms with E-state index in [0.717, 1.165) is 29.7 Å². The number of nitrogens with one attached hydrogen (secondary N) is 2. The third-order valence-electron chi connectivity index (χ3n) is 5.34. The van der Waals surface area contributed by atoms with E-state index in [4.69, 9.17) is 11.5 Å². The smallest absolute Gasteiger partial charge is 0.354 e. The van der Waals surface area contributed by atoms with Crippen LogP contribution in [0.2, 0.25) is 0 Å². The van der Waals surface area contributed by atoms with Crippen LogP contribution in [0.1, 0.15) is 57.3 Å². The summed E-state index contributed by atoms with van der Waals surface area (Å²) < 4.78 is 1.59. The molecule has 2 heterocycles. The minimum absolute atomic E-state index is 0.124. The molecule has 0 aliphatic carbocycles. The van der Waals surface area contributed by atoms with Gasteiger partial charge < -0.3 is 21.8 Å². The molecular weight excluding hydrogens is 390 g/mol. The molecule has 31 heavy (non-hydrogen) atoms. The third-order valence-corrected chi connectivity index (χ3v) is 5.34. The van der Waals surface area contributed by atoms with Crippen molar-refractivity contribution in [3.8, 4) is 5.69 Å². The van der Waals surface area contributed by atoms with E-state index in [1.165, 1.54) is 5.56 Å². The monoisotopic (exact) mass is 423 g/mol. The normalized spacial score (nSPS) is 12.6. The van der Waals surface area contributed by atoms with E-state index >= 15 is 0 Å². The summed E-state index contributed by atoms with van der Waals surface area (Å²) >= 11 is 0. The van der Waals surface area contributed by atoms with Crippen molar-refractivity contribution < 1.29 is 0 Å². The van der Waals surface area contributed by atoms with Crippen LogP contribution in [0.15, 0.2) is 46.3 Å². The fourth-order valence-corrected chi connectivity index (χ4v) is 3.64. The summed E-state index contributed by atoms with van der Waals surface area (Å²) in [5.74, 6) is 0.875. The van der Waals surface area contributed by atoms with E-state index in [1.54, 1.807) is 4.57 Å². The summed E-state index contributed by atoms with van der Waals surface area (Å²) in [5.41, 5.74) is 14.1. The first-order chi connectivity index (χ1) is 14.8. The van der Waals surface area contributed by atoms with Gasteiger partial charge in [-0.1, -0.05) is 39.8 Å². The Labute approximate surface area is 182 Å². The quantitative estimate of drug-likeness (QED) is 0.239. The largest absolute Gasteiger partial charge is 0.370 e. The van der Waals surface area contributed by atoms with Crippen LogP contribution >= 0.6 is 0 Å². The number of rotatable bonds is 9. The van der Waals surface area contributed by atoms with Crippen LogP contribution in [0.5, 0.6) is 0 Å². The second kappa shape index (κ2) is 9.78. The second-order valence-electron chi connectivity index (χ2n) is 8.50. The van der Waals surface area contributed by atoms with E-state index in [2.05, 4.69) is 66.2 Å². The molecule has 0 spiro atoms. The van der Waals surface area contributed by atoms with Gasteiger partial charge in [0.1, 0.15) is 5.65 Å². The van der Waals surface area contributed by atoms with Gasteiger partial charge in [0.05, 0.1) is 5.69 Å². The Morgan fingerprint density at radius 1 is 1.19 bits per heavy atom. The van der Waals surface area contributed by atoms with Gasteiger partial charge in [-0.15, -0.1) is 0 Å². The molecule has 0 unspecified atom stereocenters. The van der Waals surface area contributed by atoms with Crippen LogP contribution in [0.4, 0.5) is 0 Å². The molecule has 166 valence electrons. The van der Waals surface area contributed by atoms with E-state index in [-0.39, 0.29) is 17.7 Å². The van der Waals surface area contributed by atoms with Gasteiger partial charge in [-0.2, -0.15) is 4.98 Å². The minimum Gasteiger partial charge on any atom is -0.370 e. The average molecular weight is 424 g/mol. The number of aliphatic imine (C=N–C) groups is 1. The number of H-pyrrole nitrogens is 1. The molecule has 1 atom stereocenters. The molecule has 8 heteroatoms. The molecule has 0 saturated heterocycles. The summed E-state index contributed by atoms with van der Waals surface area (Å²) in [7, 11) is 0. The van der Waals surface area contributed by atoms with Crippen LogP contribution in [0.25, 0.3) is 16.7 Å². The van der Waals surface area contributed by atoms with Gasteiger partial charge in [-0.3, -0.25) is 9.56 Å². The Morgan fingerprint density at radius 2 is 1.90 bits per heavy atom. The average Bonchev–Trinajstić information content (AvgIpc) is 3.13. The van der Waals surface area contributed by atoms with E-state index < -0.39 is 0 Å². The number of benzene rings is 1. The molecule has 2 aromatic heterocycles. The molecular formula is C23H33N7O. The third kappa shape index (κ3) is 5.52. The standard InChI is InChI=1S/C23H33N7O/c1-14(2)19-12-17-13-30(23(31)29-21(17)28-19)18-8-6-16(7-9-18)20(15(3)4)26-10-5-11-27-22(24)25/h6-9,12-15,20,26H,5,10-11H2,1-4H3,(H4,24,25,27)(H,28,29,31)/t20-/m0/s1. The fraction of sp³-hybridized carbons (Fsp3) is 0.435. The van der Waals surface area contributed by atoms with Crippen molar-refractivity contribution >= 4 is 17.0 Å². The zero-order chi connectivity index (χ0) is 22.5. The fourth-order valence-electron chi connectivity index (χ4n) is 3.64. The van der Waals surface area contributed by atoms with Gasteiger partial charge in [-0.25, -0.2) is 4.79 Å². The lowest BCUT2D eigenvalue weighted by atomic mass is 9.95. The minimum atomic E-state index is -0.296. The number of nitrogens with two attached hydrogens (primary N) is 2. The molecule has 0 fully saturated rings. The molecule has 1 aromatic carbocycles. The summed E-state index contributed by atoms with van der Waals surface area (Å²) in [4.78, 5) is 24.1. The van der Waals surface area contributed by atoms with Crippen molar-refractivity contribution in [2.75, 3.05) is 13.1 Å². The highest BCUT2D eigenvalue weighted by Crippen LogP contribution is 2.23. The molecule has 8 nitrogen and oxygen atoms in total. The first-order valence-electron chi connectivity index (χ1n) is 10.8. The maximum atomic E-state index is 12.6. The van der Waals surface area contributed by atoms with Gasteiger partial charge >= 0.3 is 5.69 Å². The van der Waals surface area contributed by atoms with Gasteiger partial charge in [0.15, 0.2) is 5.96 Å². The van der Waals surface area contributed by atoms with Crippen LogP contribution in [-0.4, -0.2) is 33.6 Å². The molecule has 0 saturated carbocycles. The Kier molecular flexibility index (Phi) is 7.12. The summed E-state index contributed by atoms with van der Waals surface area (Å²) in [6.45, 7) is 10.00. The number of hydrogen-bond donors (Lipinski definition) is 4. The zero-order valence-electron chi connectivity index (χ0n) is 18.7. The van der Waals surface area contributed by atoms with Crippen LogP contribution in [0.3, 0.4) is 0 Å². The molecule has 0 bridgehead atoms. The van der Waals surface area contributed by atoms with Gasteiger partial charge in [-0.05, 0) is 48.6 Å². The first kappa shape index (κ1) is 22.6. The van der Waals surface area contributed by atoms with Crippen molar-refractivity contribution in [2.24, 2.45) is 22.4 Å². The topological polar surface area (TPSA) is 127 Å². The van der Waals surface area contributed by atoms with Crippen molar-refractivity contribution in [3.63, 3.8) is 0 Å². The number of guanidine groups is 1. The van der Waals surface area contributed by atoms with Crippen LogP contribution < -0.4 is 22.5 Å². The molecule has 0 amide bonds. The van der Waals surface area contributed by atoms with Crippen molar-refractivity contribution in [1.29, 1.82) is 0 Å². The first-order valence-corrected chi connectivity index (χ1v) is 10.8. The maximum Gasteiger partial charge on any atom is 0.354 e. The molecule has 6 N–H and O–H groups in total. The molecule has 0 aliphatic heterocycles. The number of hydrogen-bond acceptors (Lipinski definition) is 4. The van der Waals surface area contributed by atoms with Gasteiger partial charge in [0, 0.05) is 29.9 Å². The lowest BCUT2D eigenvalue weighted by molar-refractivity contribution is 0.410. The second-order valence-corrected chi connectivity index (χ2v) is 8.50. The van der Waals surface area contributed by atoms with E-state index in [1.807, 2.05) is 18.3 Å². The van der Waals surface area contributed by atoms with Gasteiger partial charge in [0.2, 0.25) is 0 Å². The van der Waals surface area contributed by atoms with Crippen molar-refractivity contribution in [3.05, 3.63) is 58.3 Å². The SMILES string of the molecule is CC(C)c1cc2cn(-c3ccc([C@@H](NCCCN=C(N)N)C(C)C)cc3)c(=O)nc2[nH]1. The summed E-state index contributed by atoms with van der Waals surface area (Å²) in [6.07, 6.45) is 2.71. The van der Waals surface area contributed by atoms with Crippen molar-refractivity contribution in [1.82, 2.24) is 19.9 Å². The summed E-state index contributed by atoms with van der Waals surface area (Å²) in [5, 5.41) is 4.51. The Bertz CT molecular complexity index is 1090. The number of nitrogens with zero attached hydrogens (tertiary/aromatic N) is 3. The molecule has 0 aliphatic rings. The predicted molar refractivity (Wildman–Crippen MR) is 127 cm³/mol. The van der Waals surface area contributed by atoms with Crippen molar-refractivity contribution in [2.45, 2.75) is 46.1 Å². The zero-order valence-corrected chi connectivity index (χ0v) is 18.7. The highest BCUT2D eigenvalue weighted by molar-refractivity contribution is 5.76.